The molecule has 0 aliphatic rings. The zero-order chi connectivity index (χ0) is 16.6. The molecule has 4 heteroatoms. The molecule has 0 aliphatic carbocycles. The van der Waals surface area contributed by atoms with E-state index in [1.54, 1.807) is 0 Å². The van der Waals surface area contributed by atoms with Crippen molar-refractivity contribution in [3.63, 3.8) is 0 Å². The van der Waals surface area contributed by atoms with Crippen LogP contribution in [0.25, 0.3) is 0 Å². The number of carbonyl (C=O) groups is 1. The van der Waals surface area contributed by atoms with Crippen LogP contribution in [0.2, 0.25) is 0 Å². The van der Waals surface area contributed by atoms with E-state index >= 15 is 0 Å². The molecule has 2 N–H and O–H groups in total. The van der Waals surface area contributed by atoms with Gasteiger partial charge >= 0.3 is 5.97 Å². The number of unbranched alkanes of at least 4 members (excludes halogenated alkanes) is 7. The quantitative estimate of drug-likeness (QED) is 0.243. The van der Waals surface area contributed by atoms with Crippen molar-refractivity contribution in [2.75, 3.05) is 0 Å². The van der Waals surface area contributed by atoms with E-state index in [0.29, 0.717) is 0 Å². The minimum Gasteiger partial charge on any atom is -0.481 e. The van der Waals surface area contributed by atoms with Crippen LogP contribution in [0.15, 0.2) is 12.2 Å². The number of halogens is 1. The zero-order valence-electron chi connectivity index (χ0n) is 14.0. The average Bonchev–Trinajstić information content (AvgIpc) is 2.48. The van der Waals surface area contributed by atoms with Gasteiger partial charge in [0.25, 0.3) is 0 Å². The molecular formula is C18H33ClO3. The number of aliphatic hydroxyl groups excluding tert-OH is 1. The van der Waals surface area contributed by atoms with Gasteiger partial charge in [0, 0.05) is 6.42 Å². The lowest BCUT2D eigenvalue weighted by Crippen LogP contribution is -2.19. The SMILES string of the molecule is CCCCCC(O)C(Cl)CC=CCCCCCCCC(=O)O. The number of carboxylic acids is 1. The van der Waals surface area contributed by atoms with Crippen LogP contribution in [0.1, 0.15) is 84.0 Å². The first-order valence-electron chi connectivity index (χ1n) is 8.76. The number of allylic oxidation sites excluding steroid dienone is 2. The lowest BCUT2D eigenvalue weighted by atomic mass is 10.1. The van der Waals surface area contributed by atoms with Crippen molar-refractivity contribution in [3.05, 3.63) is 12.2 Å². The molecule has 0 rings (SSSR count). The Balaban J connectivity index is 3.43. The molecule has 0 fully saturated rings. The first-order valence-corrected chi connectivity index (χ1v) is 9.20. The third-order valence-electron chi connectivity index (χ3n) is 3.81. The van der Waals surface area contributed by atoms with Crippen molar-refractivity contribution in [1.29, 1.82) is 0 Å². The van der Waals surface area contributed by atoms with Crippen molar-refractivity contribution in [2.45, 2.75) is 95.5 Å². The normalized spacial score (nSPS) is 14.3. The Morgan fingerprint density at radius 3 is 2.41 bits per heavy atom. The van der Waals surface area contributed by atoms with E-state index in [0.717, 1.165) is 70.6 Å². The number of hydrogen-bond acceptors (Lipinski definition) is 2. The van der Waals surface area contributed by atoms with Gasteiger partial charge in [0.05, 0.1) is 11.5 Å². The van der Waals surface area contributed by atoms with E-state index in [1.807, 2.05) is 0 Å². The van der Waals surface area contributed by atoms with Crippen molar-refractivity contribution < 1.29 is 15.0 Å². The highest BCUT2D eigenvalue weighted by atomic mass is 35.5. The Bertz CT molecular complexity index is 292. The van der Waals surface area contributed by atoms with Crippen LogP contribution in [0.5, 0.6) is 0 Å². The highest BCUT2D eigenvalue weighted by Gasteiger charge is 2.13. The molecular weight excluding hydrogens is 300 g/mol. The van der Waals surface area contributed by atoms with Gasteiger partial charge in [-0.2, -0.15) is 0 Å². The largest absolute Gasteiger partial charge is 0.481 e. The van der Waals surface area contributed by atoms with Crippen molar-refractivity contribution in [2.24, 2.45) is 0 Å². The summed E-state index contributed by atoms with van der Waals surface area (Å²) in [6.07, 6.45) is 15.2. The summed E-state index contributed by atoms with van der Waals surface area (Å²) in [4.78, 5) is 10.3. The van der Waals surface area contributed by atoms with Crippen molar-refractivity contribution in [1.82, 2.24) is 0 Å². The van der Waals surface area contributed by atoms with Crippen LogP contribution in [0, 0.1) is 0 Å². The van der Waals surface area contributed by atoms with E-state index in [9.17, 15) is 9.90 Å². The van der Waals surface area contributed by atoms with Crippen molar-refractivity contribution >= 4 is 17.6 Å². The Morgan fingerprint density at radius 2 is 1.73 bits per heavy atom. The molecule has 0 saturated heterocycles. The summed E-state index contributed by atoms with van der Waals surface area (Å²) in [6, 6.07) is 0. The fourth-order valence-corrected chi connectivity index (χ4v) is 2.58. The number of hydrogen-bond donors (Lipinski definition) is 2. The predicted octanol–water partition coefficient (Wildman–Crippen LogP) is 5.30. The second-order valence-electron chi connectivity index (χ2n) is 5.99. The van der Waals surface area contributed by atoms with Crippen molar-refractivity contribution in [3.8, 4) is 0 Å². The number of carboxylic acid groups (broad SMARTS) is 1. The second kappa shape index (κ2) is 15.4. The maximum absolute atomic E-state index is 10.3. The van der Waals surface area contributed by atoms with Gasteiger partial charge in [0.1, 0.15) is 0 Å². The molecule has 0 radical (unpaired) electrons. The van der Waals surface area contributed by atoms with Gasteiger partial charge in [-0.05, 0) is 32.1 Å². The number of alkyl halides is 1. The molecule has 0 heterocycles. The van der Waals surface area contributed by atoms with Gasteiger partial charge in [-0.1, -0.05) is 57.6 Å². The van der Waals surface area contributed by atoms with Gasteiger partial charge in [-0.15, -0.1) is 11.6 Å². The average molecular weight is 333 g/mol. The lowest BCUT2D eigenvalue weighted by Gasteiger charge is -2.14. The molecule has 0 saturated carbocycles. The number of aliphatic carboxylic acids is 1. The van der Waals surface area contributed by atoms with Crippen LogP contribution in [0.3, 0.4) is 0 Å². The predicted molar refractivity (Wildman–Crippen MR) is 93.5 cm³/mol. The number of aliphatic hydroxyl groups is 1. The maximum atomic E-state index is 10.3. The summed E-state index contributed by atoms with van der Waals surface area (Å²) < 4.78 is 0. The Labute approximate surface area is 140 Å². The highest BCUT2D eigenvalue weighted by Crippen LogP contribution is 2.15. The molecule has 0 aromatic rings. The summed E-state index contributed by atoms with van der Waals surface area (Å²) in [7, 11) is 0. The summed E-state index contributed by atoms with van der Waals surface area (Å²) in [5, 5.41) is 18.2. The molecule has 3 nitrogen and oxygen atoms in total. The van der Waals surface area contributed by atoms with Crippen LogP contribution in [0.4, 0.5) is 0 Å². The second-order valence-corrected chi connectivity index (χ2v) is 6.55. The number of rotatable bonds is 15. The Kier molecular flexibility index (Phi) is 15.0. The van der Waals surface area contributed by atoms with E-state index in [4.69, 9.17) is 16.7 Å². The fourth-order valence-electron chi connectivity index (χ4n) is 2.35. The highest BCUT2D eigenvalue weighted by molar-refractivity contribution is 6.21. The minimum absolute atomic E-state index is 0.177. The van der Waals surface area contributed by atoms with E-state index < -0.39 is 12.1 Å². The van der Waals surface area contributed by atoms with Gasteiger partial charge in [0.15, 0.2) is 0 Å². The molecule has 0 aromatic carbocycles. The van der Waals surface area contributed by atoms with E-state index in [-0.39, 0.29) is 11.8 Å². The summed E-state index contributed by atoms with van der Waals surface area (Å²) in [5.41, 5.74) is 0. The minimum atomic E-state index is -0.699. The Hall–Kier alpha value is -0.540. The molecule has 0 amide bonds. The molecule has 2 atom stereocenters. The topological polar surface area (TPSA) is 57.5 Å². The third kappa shape index (κ3) is 14.4. The van der Waals surface area contributed by atoms with Crippen LogP contribution < -0.4 is 0 Å². The summed E-state index contributed by atoms with van der Waals surface area (Å²) in [6.45, 7) is 2.15. The Morgan fingerprint density at radius 1 is 1.05 bits per heavy atom. The van der Waals surface area contributed by atoms with Crippen LogP contribution >= 0.6 is 11.6 Å². The first-order chi connectivity index (χ1) is 10.6. The van der Waals surface area contributed by atoms with E-state index in [2.05, 4.69) is 19.1 Å². The molecule has 0 aromatic heterocycles. The zero-order valence-corrected chi connectivity index (χ0v) is 14.7. The molecule has 0 aliphatic heterocycles. The van der Waals surface area contributed by atoms with Gasteiger partial charge in [-0.25, -0.2) is 0 Å². The maximum Gasteiger partial charge on any atom is 0.303 e. The smallest absolute Gasteiger partial charge is 0.303 e. The molecule has 22 heavy (non-hydrogen) atoms. The van der Waals surface area contributed by atoms with Gasteiger partial charge in [-0.3, -0.25) is 4.79 Å². The van der Waals surface area contributed by atoms with Gasteiger partial charge in [0.2, 0.25) is 0 Å². The summed E-state index contributed by atoms with van der Waals surface area (Å²) >= 11 is 6.18. The molecule has 130 valence electrons. The standard InChI is InChI=1S/C18H33ClO3/c1-2-3-10-14-17(20)16(19)13-11-8-6-4-5-7-9-12-15-18(21)22/h8,11,16-17,20H,2-7,9-10,12-15H2,1H3,(H,21,22). The van der Waals surface area contributed by atoms with Crippen LogP contribution in [-0.2, 0) is 4.79 Å². The molecule has 0 bridgehead atoms. The van der Waals surface area contributed by atoms with Crippen LogP contribution in [-0.4, -0.2) is 27.7 Å². The monoisotopic (exact) mass is 332 g/mol. The molecule has 0 spiro atoms. The van der Waals surface area contributed by atoms with Gasteiger partial charge < -0.3 is 10.2 Å². The molecule has 2 unspecified atom stereocenters. The summed E-state index contributed by atoms with van der Waals surface area (Å²) in [5.74, 6) is -0.699. The lowest BCUT2D eigenvalue weighted by molar-refractivity contribution is -0.137. The third-order valence-corrected chi connectivity index (χ3v) is 4.28. The van der Waals surface area contributed by atoms with E-state index in [1.165, 1.54) is 0 Å². The first kappa shape index (κ1) is 21.5. The fraction of sp³-hybridized carbons (Fsp3) is 0.833.